The standard InChI is InChI=1S/C15H19F2N/c1-3-5-6-7-15(18-10-4-2)13-11-12(16)8-9-14(13)17/h1,8-9,11,15,18H,4-7,10H2,2H3. The number of nitrogens with one attached hydrogen (secondary N) is 1. The van der Waals surface area contributed by atoms with E-state index in [1.54, 1.807) is 0 Å². The fourth-order valence-corrected chi connectivity index (χ4v) is 1.88. The van der Waals surface area contributed by atoms with Crippen LogP contribution in [0.4, 0.5) is 8.78 Å². The van der Waals surface area contributed by atoms with E-state index in [0.29, 0.717) is 18.4 Å². The molecule has 1 unspecified atom stereocenters. The minimum Gasteiger partial charge on any atom is -0.310 e. The van der Waals surface area contributed by atoms with Gasteiger partial charge in [-0.2, -0.15) is 0 Å². The fourth-order valence-electron chi connectivity index (χ4n) is 1.88. The largest absolute Gasteiger partial charge is 0.310 e. The number of rotatable bonds is 7. The Labute approximate surface area is 108 Å². The predicted octanol–water partition coefficient (Wildman–Crippen LogP) is 3.81. The maximum Gasteiger partial charge on any atom is 0.128 e. The third-order valence-electron chi connectivity index (χ3n) is 2.79. The lowest BCUT2D eigenvalue weighted by Crippen LogP contribution is -2.23. The summed E-state index contributed by atoms with van der Waals surface area (Å²) in [5.41, 5.74) is 0.389. The SMILES string of the molecule is C#CCCCC(NCCC)c1cc(F)ccc1F. The van der Waals surface area contributed by atoms with Gasteiger partial charge in [0.25, 0.3) is 0 Å². The number of halogens is 2. The van der Waals surface area contributed by atoms with Crippen molar-refractivity contribution in [1.29, 1.82) is 0 Å². The highest BCUT2D eigenvalue weighted by molar-refractivity contribution is 5.22. The molecule has 1 rings (SSSR count). The maximum atomic E-state index is 13.7. The van der Waals surface area contributed by atoms with Gasteiger partial charge < -0.3 is 5.32 Å². The minimum absolute atomic E-state index is 0.172. The predicted molar refractivity (Wildman–Crippen MR) is 70.1 cm³/mol. The first-order valence-electron chi connectivity index (χ1n) is 6.30. The van der Waals surface area contributed by atoms with E-state index in [2.05, 4.69) is 11.2 Å². The molecular formula is C15H19F2N. The van der Waals surface area contributed by atoms with Crippen LogP contribution in [0.1, 0.15) is 44.2 Å². The average molecular weight is 251 g/mol. The summed E-state index contributed by atoms with van der Waals surface area (Å²) in [5, 5.41) is 3.24. The molecule has 0 radical (unpaired) electrons. The lowest BCUT2D eigenvalue weighted by atomic mass is 10.00. The van der Waals surface area contributed by atoms with E-state index in [0.717, 1.165) is 25.5 Å². The Morgan fingerprint density at radius 3 is 2.83 bits per heavy atom. The van der Waals surface area contributed by atoms with Crippen molar-refractivity contribution in [2.45, 2.75) is 38.6 Å². The summed E-state index contributed by atoms with van der Waals surface area (Å²) < 4.78 is 26.9. The molecular weight excluding hydrogens is 232 g/mol. The molecule has 1 aromatic carbocycles. The topological polar surface area (TPSA) is 12.0 Å². The second kappa shape index (κ2) is 7.84. The highest BCUT2D eigenvalue weighted by Crippen LogP contribution is 2.23. The fraction of sp³-hybridized carbons (Fsp3) is 0.467. The highest BCUT2D eigenvalue weighted by atomic mass is 19.1. The van der Waals surface area contributed by atoms with Gasteiger partial charge in [-0.3, -0.25) is 0 Å². The zero-order chi connectivity index (χ0) is 13.4. The van der Waals surface area contributed by atoms with E-state index >= 15 is 0 Å². The van der Waals surface area contributed by atoms with Crippen molar-refractivity contribution in [3.8, 4) is 12.3 Å². The second-order valence-electron chi connectivity index (χ2n) is 4.27. The van der Waals surface area contributed by atoms with Gasteiger partial charge in [0.15, 0.2) is 0 Å². The van der Waals surface area contributed by atoms with Crippen LogP contribution in [0, 0.1) is 24.0 Å². The Bertz CT molecular complexity index is 409. The number of terminal acetylenes is 1. The lowest BCUT2D eigenvalue weighted by molar-refractivity contribution is 0.460. The van der Waals surface area contributed by atoms with Crippen LogP contribution in [-0.4, -0.2) is 6.54 Å². The van der Waals surface area contributed by atoms with Crippen molar-refractivity contribution in [1.82, 2.24) is 5.32 Å². The smallest absolute Gasteiger partial charge is 0.128 e. The van der Waals surface area contributed by atoms with Gasteiger partial charge in [-0.15, -0.1) is 12.3 Å². The molecule has 0 aromatic heterocycles. The zero-order valence-electron chi connectivity index (χ0n) is 10.7. The Balaban J connectivity index is 2.79. The van der Waals surface area contributed by atoms with Gasteiger partial charge in [-0.25, -0.2) is 8.78 Å². The van der Waals surface area contributed by atoms with Gasteiger partial charge in [0.05, 0.1) is 0 Å². The van der Waals surface area contributed by atoms with Crippen LogP contribution < -0.4 is 5.32 Å². The van der Waals surface area contributed by atoms with Gasteiger partial charge >= 0.3 is 0 Å². The van der Waals surface area contributed by atoms with E-state index < -0.39 is 5.82 Å². The number of benzene rings is 1. The van der Waals surface area contributed by atoms with Crippen LogP contribution in [0.3, 0.4) is 0 Å². The average Bonchev–Trinajstić information content (AvgIpc) is 2.37. The molecule has 0 saturated heterocycles. The van der Waals surface area contributed by atoms with Gasteiger partial charge in [0, 0.05) is 18.0 Å². The molecule has 1 aromatic rings. The molecule has 0 heterocycles. The minimum atomic E-state index is -0.411. The summed E-state index contributed by atoms with van der Waals surface area (Å²) in [6.45, 7) is 2.81. The molecule has 0 saturated carbocycles. The van der Waals surface area contributed by atoms with Gasteiger partial charge in [0.2, 0.25) is 0 Å². The lowest BCUT2D eigenvalue weighted by Gasteiger charge is -2.19. The maximum absolute atomic E-state index is 13.7. The first kappa shape index (κ1) is 14.7. The van der Waals surface area contributed by atoms with Crippen molar-refractivity contribution in [3.05, 3.63) is 35.4 Å². The first-order valence-corrected chi connectivity index (χ1v) is 6.30. The molecule has 1 N–H and O–H groups in total. The third kappa shape index (κ3) is 4.46. The summed E-state index contributed by atoms with van der Waals surface area (Å²) in [7, 11) is 0. The Hall–Kier alpha value is -1.40. The molecule has 18 heavy (non-hydrogen) atoms. The van der Waals surface area contributed by atoms with E-state index in [9.17, 15) is 8.78 Å². The number of hydrogen-bond acceptors (Lipinski definition) is 1. The molecule has 0 aliphatic heterocycles. The van der Waals surface area contributed by atoms with Crippen molar-refractivity contribution >= 4 is 0 Å². The number of hydrogen-bond donors (Lipinski definition) is 1. The Kier molecular flexibility index (Phi) is 6.38. The van der Waals surface area contributed by atoms with Crippen LogP contribution in [0.2, 0.25) is 0 Å². The molecule has 0 spiro atoms. The molecule has 3 heteroatoms. The Morgan fingerprint density at radius 1 is 1.39 bits per heavy atom. The van der Waals surface area contributed by atoms with Crippen LogP contribution in [0.15, 0.2) is 18.2 Å². The second-order valence-corrected chi connectivity index (χ2v) is 4.27. The van der Waals surface area contributed by atoms with Gasteiger partial charge in [0.1, 0.15) is 11.6 Å². The summed E-state index contributed by atoms with van der Waals surface area (Å²) >= 11 is 0. The summed E-state index contributed by atoms with van der Waals surface area (Å²) in [6, 6.07) is 3.40. The van der Waals surface area contributed by atoms with Crippen molar-refractivity contribution in [3.63, 3.8) is 0 Å². The molecule has 0 bridgehead atoms. The molecule has 0 fully saturated rings. The first-order chi connectivity index (χ1) is 8.69. The van der Waals surface area contributed by atoms with Crippen LogP contribution in [-0.2, 0) is 0 Å². The normalized spacial score (nSPS) is 12.1. The molecule has 0 amide bonds. The zero-order valence-corrected chi connectivity index (χ0v) is 10.7. The number of unbranched alkanes of at least 4 members (excludes halogenated alkanes) is 1. The van der Waals surface area contributed by atoms with E-state index in [1.165, 1.54) is 12.1 Å². The van der Waals surface area contributed by atoms with Crippen molar-refractivity contribution in [2.75, 3.05) is 6.54 Å². The third-order valence-corrected chi connectivity index (χ3v) is 2.79. The summed E-state index contributed by atoms with van der Waals surface area (Å²) in [6.07, 6.45) is 8.32. The van der Waals surface area contributed by atoms with Gasteiger partial charge in [-0.05, 0) is 44.0 Å². The molecule has 0 aliphatic carbocycles. The van der Waals surface area contributed by atoms with Crippen LogP contribution in [0.25, 0.3) is 0 Å². The van der Waals surface area contributed by atoms with Crippen LogP contribution in [0.5, 0.6) is 0 Å². The summed E-state index contributed by atoms with van der Waals surface area (Å²) in [5.74, 6) is 1.78. The molecule has 1 atom stereocenters. The Morgan fingerprint density at radius 2 is 2.17 bits per heavy atom. The van der Waals surface area contributed by atoms with Crippen molar-refractivity contribution in [2.24, 2.45) is 0 Å². The molecule has 98 valence electrons. The molecule has 1 nitrogen and oxygen atoms in total. The van der Waals surface area contributed by atoms with E-state index in [4.69, 9.17) is 6.42 Å². The quantitative estimate of drug-likeness (QED) is 0.574. The molecule has 0 aliphatic rings. The van der Waals surface area contributed by atoms with E-state index in [-0.39, 0.29) is 11.9 Å². The van der Waals surface area contributed by atoms with Gasteiger partial charge in [-0.1, -0.05) is 6.92 Å². The van der Waals surface area contributed by atoms with Crippen LogP contribution >= 0.6 is 0 Å². The van der Waals surface area contributed by atoms with E-state index in [1.807, 2.05) is 6.92 Å². The van der Waals surface area contributed by atoms with Crippen molar-refractivity contribution < 1.29 is 8.78 Å². The monoisotopic (exact) mass is 251 g/mol. The highest BCUT2D eigenvalue weighted by Gasteiger charge is 2.15. The summed E-state index contributed by atoms with van der Waals surface area (Å²) in [4.78, 5) is 0.